The van der Waals surface area contributed by atoms with E-state index in [0.717, 1.165) is 11.4 Å². The SMILES string of the molecule is ClC1(Cl)Nc2ccccc2N1. The van der Waals surface area contributed by atoms with Crippen molar-refractivity contribution in [1.29, 1.82) is 0 Å². The molecule has 0 saturated heterocycles. The zero-order chi connectivity index (χ0) is 7.90. The van der Waals surface area contributed by atoms with Crippen LogP contribution < -0.4 is 10.6 Å². The molecule has 11 heavy (non-hydrogen) atoms. The number of hydrogen-bond donors (Lipinski definition) is 2. The summed E-state index contributed by atoms with van der Waals surface area (Å²) >= 11 is 11.6. The van der Waals surface area contributed by atoms with Crippen molar-refractivity contribution in [2.75, 3.05) is 10.6 Å². The van der Waals surface area contributed by atoms with E-state index in [1.165, 1.54) is 0 Å². The number of alkyl halides is 2. The minimum atomic E-state index is -1.05. The lowest BCUT2D eigenvalue weighted by molar-refractivity contribution is 1.08. The third kappa shape index (κ3) is 1.24. The van der Waals surface area contributed by atoms with Gasteiger partial charge >= 0.3 is 0 Å². The van der Waals surface area contributed by atoms with E-state index in [9.17, 15) is 0 Å². The van der Waals surface area contributed by atoms with Crippen LogP contribution in [0.25, 0.3) is 0 Å². The molecule has 1 aliphatic heterocycles. The van der Waals surface area contributed by atoms with Gasteiger partial charge in [-0.05, 0) is 12.1 Å². The van der Waals surface area contributed by atoms with E-state index in [1.54, 1.807) is 0 Å². The highest BCUT2D eigenvalue weighted by Crippen LogP contribution is 2.37. The third-order valence-electron chi connectivity index (χ3n) is 1.51. The van der Waals surface area contributed by atoms with Gasteiger partial charge < -0.3 is 10.6 Å². The Kier molecular flexibility index (Phi) is 1.41. The molecule has 0 radical (unpaired) electrons. The monoisotopic (exact) mass is 188 g/mol. The van der Waals surface area contributed by atoms with E-state index >= 15 is 0 Å². The smallest absolute Gasteiger partial charge is 0.266 e. The first-order chi connectivity index (χ1) is 5.17. The largest absolute Gasteiger partial charge is 0.335 e. The first-order valence-corrected chi connectivity index (χ1v) is 3.96. The van der Waals surface area contributed by atoms with Crippen LogP contribution in [-0.2, 0) is 0 Å². The molecular formula is C7H6Cl2N2. The summed E-state index contributed by atoms with van der Waals surface area (Å²) in [4.78, 5) is 0. The minimum absolute atomic E-state index is 0.928. The van der Waals surface area contributed by atoms with E-state index < -0.39 is 4.58 Å². The summed E-state index contributed by atoms with van der Waals surface area (Å²) < 4.78 is -1.05. The molecule has 0 spiro atoms. The number of benzene rings is 1. The van der Waals surface area contributed by atoms with Gasteiger partial charge in [-0.3, -0.25) is 0 Å². The molecule has 2 N–H and O–H groups in total. The van der Waals surface area contributed by atoms with Gasteiger partial charge in [0.2, 0.25) is 0 Å². The highest BCUT2D eigenvalue weighted by molar-refractivity contribution is 6.51. The molecule has 0 saturated carbocycles. The van der Waals surface area contributed by atoms with E-state index in [0.29, 0.717) is 0 Å². The zero-order valence-electron chi connectivity index (χ0n) is 5.57. The second-order valence-electron chi connectivity index (χ2n) is 2.37. The van der Waals surface area contributed by atoms with Gasteiger partial charge in [0.1, 0.15) is 0 Å². The summed E-state index contributed by atoms with van der Waals surface area (Å²) in [6.45, 7) is 0. The average Bonchev–Trinajstić information content (AvgIpc) is 2.21. The molecule has 2 nitrogen and oxygen atoms in total. The number of rotatable bonds is 0. The molecule has 0 unspecified atom stereocenters. The Hall–Kier alpha value is -0.600. The molecule has 2 rings (SSSR count). The third-order valence-corrected chi connectivity index (χ3v) is 1.89. The molecule has 1 heterocycles. The van der Waals surface area contributed by atoms with E-state index in [-0.39, 0.29) is 0 Å². The van der Waals surface area contributed by atoms with Crippen LogP contribution in [0.3, 0.4) is 0 Å². The number of anilines is 2. The summed E-state index contributed by atoms with van der Waals surface area (Å²) in [5.74, 6) is 0. The molecule has 0 aliphatic carbocycles. The second kappa shape index (κ2) is 2.19. The van der Waals surface area contributed by atoms with Crippen LogP contribution in [-0.4, -0.2) is 4.58 Å². The van der Waals surface area contributed by atoms with Crippen LogP contribution in [0.5, 0.6) is 0 Å². The topological polar surface area (TPSA) is 24.1 Å². The van der Waals surface area contributed by atoms with Crippen molar-refractivity contribution in [2.24, 2.45) is 0 Å². The van der Waals surface area contributed by atoms with Gasteiger partial charge in [0.05, 0.1) is 11.4 Å². The quantitative estimate of drug-likeness (QED) is 0.484. The van der Waals surface area contributed by atoms with Crippen molar-refractivity contribution < 1.29 is 0 Å². The predicted molar refractivity (Wildman–Crippen MR) is 48.1 cm³/mol. The summed E-state index contributed by atoms with van der Waals surface area (Å²) in [5.41, 5.74) is 1.86. The maximum atomic E-state index is 5.78. The molecule has 0 fully saturated rings. The van der Waals surface area contributed by atoms with Crippen LogP contribution in [0.1, 0.15) is 0 Å². The Morgan fingerprint density at radius 2 is 1.45 bits per heavy atom. The molecule has 0 aromatic heterocycles. The fraction of sp³-hybridized carbons (Fsp3) is 0.143. The summed E-state index contributed by atoms with van der Waals surface area (Å²) in [6, 6.07) is 7.66. The van der Waals surface area contributed by atoms with Gasteiger partial charge in [-0.15, -0.1) is 0 Å². The molecule has 0 atom stereocenters. The molecule has 1 aliphatic rings. The number of para-hydroxylation sites is 2. The highest BCUT2D eigenvalue weighted by Gasteiger charge is 2.30. The van der Waals surface area contributed by atoms with E-state index in [2.05, 4.69) is 10.6 Å². The normalized spacial score (nSPS) is 18.4. The summed E-state index contributed by atoms with van der Waals surface area (Å²) in [5, 5.41) is 5.79. The van der Waals surface area contributed by atoms with Gasteiger partial charge in [-0.25, -0.2) is 0 Å². The lowest BCUT2D eigenvalue weighted by Gasteiger charge is -2.12. The van der Waals surface area contributed by atoms with Gasteiger partial charge in [0, 0.05) is 0 Å². The van der Waals surface area contributed by atoms with Gasteiger partial charge in [0.15, 0.2) is 0 Å². The molecule has 0 bridgehead atoms. The maximum Gasteiger partial charge on any atom is 0.266 e. The fourth-order valence-electron chi connectivity index (χ4n) is 1.07. The second-order valence-corrected chi connectivity index (χ2v) is 3.70. The molecular weight excluding hydrogens is 183 g/mol. The minimum Gasteiger partial charge on any atom is -0.335 e. The Morgan fingerprint density at radius 1 is 1.00 bits per heavy atom. The summed E-state index contributed by atoms with van der Waals surface area (Å²) in [7, 11) is 0. The van der Waals surface area contributed by atoms with E-state index in [1.807, 2.05) is 24.3 Å². The van der Waals surface area contributed by atoms with Gasteiger partial charge in [-0.1, -0.05) is 35.3 Å². The highest BCUT2D eigenvalue weighted by atomic mass is 35.5. The lowest BCUT2D eigenvalue weighted by atomic mass is 10.3. The van der Waals surface area contributed by atoms with Crippen molar-refractivity contribution in [3.63, 3.8) is 0 Å². The van der Waals surface area contributed by atoms with Crippen molar-refractivity contribution in [3.8, 4) is 0 Å². The van der Waals surface area contributed by atoms with Crippen LogP contribution in [0.4, 0.5) is 11.4 Å². The van der Waals surface area contributed by atoms with Crippen molar-refractivity contribution >= 4 is 34.6 Å². The summed E-state index contributed by atoms with van der Waals surface area (Å²) in [6.07, 6.45) is 0. The van der Waals surface area contributed by atoms with Crippen molar-refractivity contribution in [2.45, 2.75) is 4.58 Å². The Morgan fingerprint density at radius 3 is 1.91 bits per heavy atom. The van der Waals surface area contributed by atoms with Gasteiger partial charge in [-0.2, -0.15) is 0 Å². The average molecular weight is 189 g/mol. The van der Waals surface area contributed by atoms with Gasteiger partial charge in [0.25, 0.3) is 4.58 Å². The number of nitrogens with one attached hydrogen (secondary N) is 2. The standard InChI is InChI=1S/C7H6Cl2N2/c8-7(9)10-5-3-1-2-4-6(5)11-7/h1-4,10-11H. The number of halogens is 2. The zero-order valence-corrected chi connectivity index (χ0v) is 7.08. The van der Waals surface area contributed by atoms with Crippen LogP contribution in [0.2, 0.25) is 0 Å². The van der Waals surface area contributed by atoms with Crippen LogP contribution >= 0.6 is 23.2 Å². The molecule has 0 amide bonds. The van der Waals surface area contributed by atoms with E-state index in [4.69, 9.17) is 23.2 Å². The Labute approximate surface area is 74.5 Å². The van der Waals surface area contributed by atoms with Crippen LogP contribution in [0, 0.1) is 0 Å². The molecule has 1 aromatic rings. The van der Waals surface area contributed by atoms with Crippen LogP contribution in [0.15, 0.2) is 24.3 Å². The lowest BCUT2D eigenvalue weighted by Crippen LogP contribution is -2.27. The number of hydrogen-bond acceptors (Lipinski definition) is 2. The van der Waals surface area contributed by atoms with Crippen molar-refractivity contribution in [1.82, 2.24) is 0 Å². The molecule has 1 aromatic carbocycles. The predicted octanol–water partition coefficient (Wildman–Crippen LogP) is 2.61. The first kappa shape index (κ1) is 7.07. The maximum absolute atomic E-state index is 5.78. The Bertz CT molecular complexity index is 259. The Balaban J connectivity index is 2.41. The number of fused-ring (bicyclic) bond motifs is 1. The fourth-order valence-corrected chi connectivity index (χ4v) is 1.48. The first-order valence-electron chi connectivity index (χ1n) is 3.21. The molecule has 4 heteroatoms. The molecule has 58 valence electrons. The van der Waals surface area contributed by atoms with Crippen molar-refractivity contribution in [3.05, 3.63) is 24.3 Å².